The summed E-state index contributed by atoms with van der Waals surface area (Å²) in [4.78, 5) is 28.1. The standard InChI is InChI=1S/C16H22N6OS/c1-9-6-14(21-16-19-10(2)11(3)24-16)20-15(18-9)12-4-5-22(7-12)8-13(17)23/h6,12H,4-5,7-8H2,1-3H3,(H2,17,23)(H,18,19,20,21)/t12-/m1/s1. The summed E-state index contributed by atoms with van der Waals surface area (Å²) in [7, 11) is 0. The molecule has 1 atom stereocenters. The maximum atomic E-state index is 11.1. The van der Waals surface area contributed by atoms with E-state index in [1.807, 2.05) is 19.9 Å². The van der Waals surface area contributed by atoms with Crippen LogP contribution < -0.4 is 11.1 Å². The molecule has 0 radical (unpaired) electrons. The maximum absolute atomic E-state index is 11.1. The molecular weight excluding hydrogens is 324 g/mol. The highest BCUT2D eigenvalue weighted by molar-refractivity contribution is 7.15. The predicted molar refractivity (Wildman–Crippen MR) is 94.6 cm³/mol. The van der Waals surface area contributed by atoms with Gasteiger partial charge in [-0.25, -0.2) is 15.0 Å². The molecule has 0 saturated carbocycles. The van der Waals surface area contributed by atoms with E-state index in [0.29, 0.717) is 6.54 Å². The Hall–Kier alpha value is -2.06. The number of anilines is 2. The summed E-state index contributed by atoms with van der Waals surface area (Å²) >= 11 is 1.62. The van der Waals surface area contributed by atoms with Crippen LogP contribution in [0.4, 0.5) is 10.9 Å². The van der Waals surface area contributed by atoms with Gasteiger partial charge in [0, 0.05) is 29.1 Å². The molecule has 8 heteroatoms. The van der Waals surface area contributed by atoms with Gasteiger partial charge in [-0.3, -0.25) is 9.69 Å². The fourth-order valence-electron chi connectivity index (χ4n) is 2.88. The molecule has 0 unspecified atom stereocenters. The molecule has 0 spiro atoms. The van der Waals surface area contributed by atoms with Gasteiger partial charge in [-0.1, -0.05) is 0 Å². The quantitative estimate of drug-likeness (QED) is 0.858. The number of rotatable bonds is 5. The molecule has 3 rings (SSSR count). The first kappa shape index (κ1) is 16.8. The van der Waals surface area contributed by atoms with E-state index < -0.39 is 0 Å². The third-order valence-electron chi connectivity index (χ3n) is 4.15. The van der Waals surface area contributed by atoms with Gasteiger partial charge in [0.1, 0.15) is 11.6 Å². The number of amides is 1. The van der Waals surface area contributed by atoms with E-state index in [0.717, 1.165) is 47.7 Å². The Kier molecular flexibility index (Phi) is 4.77. The van der Waals surface area contributed by atoms with Crippen molar-refractivity contribution in [3.63, 3.8) is 0 Å². The van der Waals surface area contributed by atoms with Crippen molar-refractivity contribution < 1.29 is 4.79 Å². The van der Waals surface area contributed by atoms with Crippen LogP contribution >= 0.6 is 11.3 Å². The molecule has 1 aliphatic rings. The fourth-order valence-corrected chi connectivity index (χ4v) is 3.70. The second-order valence-electron chi connectivity index (χ2n) is 6.23. The summed E-state index contributed by atoms with van der Waals surface area (Å²) in [6, 6.07) is 1.92. The van der Waals surface area contributed by atoms with E-state index in [9.17, 15) is 4.79 Å². The molecule has 3 heterocycles. The topological polar surface area (TPSA) is 97.0 Å². The Morgan fingerprint density at radius 3 is 2.83 bits per heavy atom. The lowest BCUT2D eigenvalue weighted by Gasteiger charge is -2.14. The van der Waals surface area contributed by atoms with E-state index in [-0.39, 0.29) is 11.8 Å². The number of carbonyl (C=O) groups excluding carboxylic acids is 1. The molecule has 128 valence electrons. The first-order chi connectivity index (χ1) is 11.4. The molecule has 1 fully saturated rings. The highest BCUT2D eigenvalue weighted by Gasteiger charge is 2.27. The van der Waals surface area contributed by atoms with Crippen LogP contribution in [-0.4, -0.2) is 45.4 Å². The lowest BCUT2D eigenvalue weighted by molar-refractivity contribution is -0.118. The summed E-state index contributed by atoms with van der Waals surface area (Å²) in [6.07, 6.45) is 0.936. The van der Waals surface area contributed by atoms with Crippen LogP contribution in [-0.2, 0) is 4.79 Å². The zero-order valence-corrected chi connectivity index (χ0v) is 15.0. The molecule has 2 aromatic rings. The Labute approximate surface area is 145 Å². The minimum absolute atomic E-state index is 0.226. The van der Waals surface area contributed by atoms with Crippen molar-refractivity contribution in [2.45, 2.75) is 33.1 Å². The molecule has 7 nitrogen and oxygen atoms in total. The number of aromatic nitrogens is 3. The molecule has 1 saturated heterocycles. The third-order valence-corrected chi connectivity index (χ3v) is 5.14. The van der Waals surface area contributed by atoms with Gasteiger partial charge >= 0.3 is 0 Å². The lowest BCUT2D eigenvalue weighted by atomic mass is 10.1. The molecule has 1 aliphatic heterocycles. The minimum atomic E-state index is -0.294. The summed E-state index contributed by atoms with van der Waals surface area (Å²) in [6.45, 7) is 7.93. The highest BCUT2D eigenvalue weighted by atomic mass is 32.1. The molecule has 3 N–H and O–H groups in total. The normalized spacial score (nSPS) is 18.0. The van der Waals surface area contributed by atoms with Crippen molar-refractivity contribution in [2.75, 3.05) is 25.0 Å². The van der Waals surface area contributed by atoms with Crippen molar-refractivity contribution in [3.8, 4) is 0 Å². The number of likely N-dealkylation sites (tertiary alicyclic amines) is 1. The molecule has 0 bridgehead atoms. The van der Waals surface area contributed by atoms with E-state index in [4.69, 9.17) is 5.73 Å². The maximum Gasteiger partial charge on any atom is 0.231 e. The molecule has 0 aromatic carbocycles. The zero-order chi connectivity index (χ0) is 17.3. The first-order valence-electron chi connectivity index (χ1n) is 7.98. The van der Waals surface area contributed by atoms with Gasteiger partial charge in [-0.2, -0.15) is 0 Å². The number of nitrogens with zero attached hydrogens (tertiary/aromatic N) is 4. The highest BCUT2D eigenvalue weighted by Crippen LogP contribution is 2.28. The van der Waals surface area contributed by atoms with Gasteiger partial charge in [0.25, 0.3) is 0 Å². The van der Waals surface area contributed by atoms with Crippen LogP contribution in [0.15, 0.2) is 6.07 Å². The lowest BCUT2D eigenvalue weighted by Crippen LogP contribution is -2.32. The van der Waals surface area contributed by atoms with Gasteiger partial charge in [-0.05, 0) is 33.7 Å². The predicted octanol–water partition coefficient (Wildman–Crippen LogP) is 1.88. The number of hydrogen-bond acceptors (Lipinski definition) is 7. The molecule has 1 amide bonds. The first-order valence-corrected chi connectivity index (χ1v) is 8.79. The number of nitrogens with two attached hydrogens (primary N) is 1. The number of aryl methyl sites for hydroxylation is 3. The van der Waals surface area contributed by atoms with Crippen LogP contribution in [0.2, 0.25) is 0 Å². The Balaban J connectivity index is 1.75. The van der Waals surface area contributed by atoms with Crippen LogP contribution in [0.3, 0.4) is 0 Å². The Bertz CT molecular complexity index is 740. The van der Waals surface area contributed by atoms with E-state index in [2.05, 4.69) is 32.1 Å². The molecule has 2 aromatic heterocycles. The van der Waals surface area contributed by atoms with E-state index >= 15 is 0 Å². The SMILES string of the molecule is Cc1cc(Nc2nc(C)c(C)s2)nc([C@@H]2CCN(CC(N)=O)C2)n1. The number of thiazole rings is 1. The second-order valence-corrected chi connectivity index (χ2v) is 7.43. The third kappa shape index (κ3) is 3.88. The van der Waals surface area contributed by atoms with Gasteiger partial charge in [-0.15, -0.1) is 11.3 Å². The zero-order valence-electron chi connectivity index (χ0n) is 14.2. The number of primary amides is 1. The van der Waals surface area contributed by atoms with Crippen molar-refractivity contribution in [3.05, 3.63) is 28.2 Å². The molecular formula is C16H22N6OS. The van der Waals surface area contributed by atoms with Crippen molar-refractivity contribution in [1.29, 1.82) is 0 Å². The van der Waals surface area contributed by atoms with Crippen molar-refractivity contribution >= 4 is 28.2 Å². The summed E-state index contributed by atoms with van der Waals surface area (Å²) in [5.41, 5.74) is 7.23. The molecule has 24 heavy (non-hydrogen) atoms. The minimum Gasteiger partial charge on any atom is -0.369 e. The van der Waals surface area contributed by atoms with Crippen LogP contribution in [0.25, 0.3) is 0 Å². The average molecular weight is 346 g/mol. The van der Waals surface area contributed by atoms with Gasteiger partial charge in [0.2, 0.25) is 5.91 Å². The fraction of sp³-hybridized carbons (Fsp3) is 0.500. The van der Waals surface area contributed by atoms with Gasteiger partial charge in [0.15, 0.2) is 5.13 Å². The second kappa shape index (κ2) is 6.82. The number of carbonyl (C=O) groups is 1. The summed E-state index contributed by atoms with van der Waals surface area (Å²) in [5, 5.41) is 4.13. The summed E-state index contributed by atoms with van der Waals surface area (Å²) in [5.74, 6) is 1.51. The summed E-state index contributed by atoms with van der Waals surface area (Å²) < 4.78 is 0. The van der Waals surface area contributed by atoms with Crippen LogP contribution in [0.5, 0.6) is 0 Å². The number of hydrogen-bond donors (Lipinski definition) is 2. The van der Waals surface area contributed by atoms with Crippen LogP contribution in [0, 0.1) is 20.8 Å². The van der Waals surface area contributed by atoms with Crippen molar-refractivity contribution in [1.82, 2.24) is 19.9 Å². The van der Waals surface area contributed by atoms with E-state index in [1.54, 1.807) is 11.3 Å². The smallest absolute Gasteiger partial charge is 0.231 e. The van der Waals surface area contributed by atoms with Gasteiger partial charge in [0.05, 0.1) is 12.2 Å². The monoisotopic (exact) mass is 346 g/mol. The Morgan fingerprint density at radius 2 is 2.17 bits per heavy atom. The number of nitrogens with one attached hydrogen (secondary N) is 1. The van der Waals surface area contributed by atoms with Crippen LogP contribution in [0.1, 0.15) is 34.4 Å². The Morgan fingerprint density at radius 1 is 1.38 bits per heavy atom. The van der Waals surface area contributed by atoms with E-state index in [1.165, 1.54) is 4.88 Å². The molecule has 0 aliphatic carbocycles. The van der Waals surface area contributed by atoms with Gasteiger partial charge < -0.3 is 11.1 Å². The average Bonchev–Trinajstić information content (AvgIpc) is 3.05. The van der Waals surface area contributed by atoms with Crippen molar-refractivity contribution in [2.24, 2.45) is 5.73 Å². The largest absolute Gasteiger partial charge is 0.369 e.